The summed E-state index contributed by atoms with van der Waals surface area (Å²) in [4.78, 5) is 11.1. The van der Waals surface area contributed by atoms with E-state index in [0.29, 0.717) is 22.8 Å². The standard InChI is InChI=1S/C22H23F4N3O/c1-20(2,22(24,25)26)10-17-13-28-19(29-17)11-21(3,30)15-6-4-14(5-7-15)18-9-8-16(23)12-27-18/h4-9,12-13,30H,10-11H2,1-3H3,(H,28,29). The summed E-state index contributed by atoms with van der Waals surface area (Å²) in [5, 5.41) is 10.9. The maximum Gasteiger partial charge on any atom is 0.394 e. The molecule has 1 atom stereocenters. The molecule has 2 aromatic heterocycles. The van der Waals surface area contributed by atoms with E-state index in [9.17, 15) is 22.7 Å². The molecule has 0 radical (unpaired) electrons. The zero-order valence-electron chi connectivity index (χ0n) is 16.9. The molecule has 0 fully saturated rings. The van der Waals surface area contributed by atoms with Crippen LogP contribution >= 0.6 is 0 Å². The molecule has 0 saturated heterocycles. The SMILES string of the molecule is CC(O)(Cc1ncc(CC(C)(C)C(F)(F)F)[nH]1)c1ccc(-c2ccc(F)cn2)cc1. The van der Waals surface area contributed by atoms with Crippen LogP contribution in [0.25, 0.3) is 11.3 Å². The van der Waals surface area contributed by atoms with Gasteiger partial charge in [0.05, 0.1) is 22.9 Å². The van der Waals surface area contributed by atoms with Crippen molar-refractivity contribution in [1.82, 2.24) is 15.0 Å². The van der Waals surface area contributed by atoms with Crippen molar-refractivity contribution in [1.29, 1.82) is 0 Å². The third-order valence-electron chi connectivity index (χ3n) is 5.12. The van der Waals surface area contributed by atoms with Gasteiger partial charge in [0.2, 0.25) is 0 Å². The van der Waals surface area contributed by atoms with E-state index in [2.05, 4.69) is 15.0 Å². The molecule has 2 heterocycles. The molecule has 0 amide bonds. The molecule has 160 valence electrons. The summed E-state index contributed by atoms with van der Waals surface area (Å²) in [5.74, 6) is -0.0213. The zero-order valence-corrected chi connectivity index (χ0v) is 16.9. The van der Waals surface area contributed by atoms with E-state index in [0.717, 1.165) is 25.6 Å². The number of halogens is 4. The third-order valence-corrected chi connectivity index (χ3v) is 5.12. The smallest absolute Gasteiger partial charge is 0.385 e. The predicted octanol–water partition coefficient (Wildman–Crippen LogP) is 5.19. The highest BCUT2D eigenvalue weighted by atomic mass is 19.4. The summed E-state index contributed by atoms with van der Waals surface area (Å²) in [6.07, 6.45) is -1.94. The van der Waals surface area contributed by atoms with Gasteiger partial charge in [-0.3, -0.25) is 4.98 Å². The highest BCUT2D eigenvalue weighted by molar-refractivity contribution is 5.59. The lowest BCUT2D eigenvalue weighted by molar-refractivity contribution is -0.211. The molecule has 2 N–H and O–H groups in total. The molecular weight excluding hydrogens is 398 g/mol. The van der Waals surface area contributed by atoms with Gasteiger partial charge in [-0.2, -0.15) is 13.2 Å². The minimum atomic E-state index is -4.33. The minimum absolute atomic E-state index is 0.105. The van der Waals surface area contributed by atoms with E-state index in [-0.39, 0.29) is 12.8 Å². The fourth-order valence-electron chi connectivity index (χ4n) is 3.14. The number of nitrogens with zero attached hydrogens (tertiary/aromatic N) is 2. The van der Waals surface area contributed by atoms with Crippen molar-refractivity contribution in [3.63, 3.8) is 0 Å². The number of hydrogen-bond donors (Lipinski definition) is 2. The van der Waals surface area contributed by atoms with Crippen molar-refractivity contribution in [3.8, 4) is 11.3 Å². The maximum atomic E-state index is 13.1. The van der Waals surface area contributed by atoms with E-state index < -0.39 is 23.0 Å². The maximum absolute atomic E-state index is 13.1. The van der Waals surface area contributed by atoms with Gasteiger partial charge in [-0.1, -0.05) is 38.1 Å². The largest absolute Gasteiger partial charge is 0.394 e. The summed E-state index contributed by atoms with van der Waals surface area (Å²) in [6.45, 7) is 3.89. The fraction of sp³-hybridized carbons (Fsp3) is 0.364. The van der Waals surface area contributed by atoms with Crippen LogP contribution in [0.1, 0.15) is 37.9 Å². The zero-order chi connectivity index (χ0) is 22.2. The third kappa shape index (κ3) is 4.87. The molecule has 4 nitrogen and oxygen atoms in total. The Hall–Kier alpha value is -2.74. The number of hydrogen-bond acceptors (Lipinski definition) is 3. The molecule has 0 spiro atoms. The number of pyridine rings is 1. The predicted molar refractivity (Wildman–Crippen MR) is 105 cm³/mol. The monoisotopic (exact) mass is 421 g/mol. The number of aromatic nitrogens is 3. The fourth-order valence-corrected chi connectivity index (χ4v) is 3.14. The van der Waals surface area contributed by atoms with Crippen LogP contribution < -0.4 is 0 Å². The van der Waals surface area contributed by atoms with Crippen molar-refractivity contribution in [2.24, 2.45) is 5.41 Å². The molecule has 8 heteroatoms. The normalized spacial score (nSPS) is 14.5. The second-order valence-corrected chi connectivity index (χ2v) is 8.30. The van der Waals surface area contributed by atoms with Crippen molar-refractivity contribution in [2.45, 2.75) is 45.4 Å². The topological polar surface area (TPSA) is 61.8 Å². The Bertz CT molecular complexity index is 990. The van der Waals surface area contributed by atoms with Crippen molar-refractivity contribution >= 4 is 0 Å². The lowest BCUT2D eigenvalue weighted by Crippen LogP contribution is -2.34. The molecule has 3 aromatic rings. The molecule has 3 rings (SSSR count). The van der Waals surface area contributed by atoms with E-state index in [4.69, 9.17) is 0 Å². The molecular formula is C22H23F4N3O. The first-order valence-corrected chi connectivity index (χ1v) is 9.42. The number of H-pyrrole nitrogens is 1. The van der Waals surface area contributed by atoms with Crippen LogP contribution in [0.3, 0.4) is 0 Å². The number of nitrogens with one attached hydrogen (secondary N) is 1. The van der Waals surface area contributed by atoms with Crippen LogP contribution in [0.5, 0.6) is 0 Å². The van der Waals surface area contributed by atoms with E-state index in [1.54, 1.807) is 37.3 Å². The summed E-state index contributed by atoms with van der Waals surface area (Å²) >= 11 is 0. The van der Waals surface area contributed by atoms with Gasteiger partial charge in [-0.25, -0.2) is 9.37 Å². The van der Waals surface area contributed by atoms with Crippen molar-refractivity contribution < 1.29 is 22.7 Å². The van der Waals surface area contributed by atoms with E-state index >= 15 is 0 Å². The number of rotatable bonds is 6. The molecule has 0 bridgehead atoms. The average Bonchev–Trinajstić information content (AvgIpc) is 3.07. The number of imidazole rings is 1. The van der Waals surface area contributed by atoms with Crippen LogP contribution in [-0.4, -0.2) is 26.2 Å². The minimum Gasteiger partial charge on any atom is -0.385 e. The Kier molecular flexibility index (Phi) is 5.73. The van der Waals surface area contributed by atoms with Gasteiger partial charge in [0, 0.05) is 30.3 Å². The van der Waals surface area contributed by atoms with E-state index in [1.165, 1.54) is 12.3 Å². The highest BCUT2D eigenvalue weighted by Gasteiger charge is 2.47. The molecule has 0 aliphatic heterocycles. The van der Waals surface area contributed by atoms with Gasteiger partial charge in [0.1, 0.15) is 11.6 Å². The van der Waals surface area contributed by atoms with Crippen molar-refractivity contribution in [3.05, 3.63) is 71.7 Å². The first-order chi connectivity index (χ1) is 13.9. The summed E-state index contributed by atoms with van der Waals surface area (Å²) in [5.41, 5.74) is -0.829. The number of alkyl halides is 3. The average molecular weight is 421 g/mol. The Morgan fingerprint density at radius 1 is 0.900 bits per heavy atom. The lowest BCUT2D eigenvalue weighted by atomic mass is 9.87. The summed E-state index contributed by atoms with van der Waals surface area (Å²) < 4.78 is 52.3. The Labute approximate surface area is 172 Å². The first kappa shape index (κ1) is 22.0. The van der Waals surface area contributed by atoms with Gasteiger partial charge in [-0.05, 0) is 24.6 Å². The van der Waals surface area contributed by atoms with Crippen LogP contribution in [0.2, 0.25) is 0 Å². The number of aromatic amines is 1. The molecule has 0 aliphatic carbocycles. The van der Waals surface area contributed by atoms with Gasteiger partial charge in [0.25, 0.3) is 0 Å². The number of benzene rings is 1. The van der Waals surface area contributed by atoms with Gasteiger partial charge in [0.15, 0.2) is 0 Å². The molecule has 1 aromatic carbocycles. The molecule has 1 unspecified atom stereocenters. The lowest BCUT2D eigenvalue weighted by Gasteiger charge is -2.27. The Morgan fingerprint density at radius 2 is 1.57 bits per heavy atom. The Morgan fingerprint density at radius 3 is 2.13 bits per heavy atom. The van der Waals surface area contributed by atoms with Crippen LogP contribution in [-0.2, 0) is 18.4 Å². The summed E-state index contributed by atoms with van der Waals surface area (Å²) in [7, 11) is 0. The Balaban J connectivity index is 1.72. The summed E-state index contributed by atoms with van der Waals surface area (Å²) in [6, 6.07) is 9.89. The number of aliphatic hydroxyl groups is 1. The van der Waals surface area contributed by atoms with Crippen LogP contribution in [0, 0.1) is 11.2 Å². The molecule has 30 heavy (non-hydrogen) atoms. The van der Waals surface area contributed by atoms with Gasteiger partial charge < -0.3 is 10.1 Å². The first-order valence-electron chi connectivity index (χ1n) is 9.42. The molecule has 0 saturated carbocycles. The second kappa shape index (κ2) is 7.83. The van der Waals surface area contributed by atoms with Gasteiger partial charge >= 0.3 is 6.18 Å². The second-order valence-electron chi connectivity index (χ2n) is 8.30. The van der Waals surface area contributed by atoms with Crippen molar-refractivity contribution in [2.75, 3.05) is 0 Å². The molecule has 0 aliphatic rings. The quantitative estimate of drug-likeness (QED) is 0.539. The van der Waals surface area contributed by atoms with E-state index in [1.807, 2.05) is 0 Å². The highest BCUT2D eigenvalue weighted by Crippen LogP contribution is 2.40. The van der Waals surface area contributed by atoms with Crippen LogP contribution in [0.15, 0.2) is 48.8 Å². The van der Waals surface area contributed by atoms with Gasteiger partial charge in [-0.15, -0.1) is 0 Å². The van der Waals surface area contributed by atoms with Crippen LogP contribution in [0.4, 0.5) is 17.6 Å².